The van der Waals surface area contributed by atoms with Crippen molar-refractivity contribution in [2.45, 2.75) is 20.3 Å². The van der Waals surface area contributed by atoms with Crippen molar-refractivity contribution in [3.05, 3.63) is 53.7 Å². The highest BCUT2D eigenvalue weighted by atomic mass is 16.3. The Balaban J connectivity index is 1.43. The van der Waals surface area contributed by atoms with Crippen LogP contribution in [-0.4, -0.2) is 47.0 Å². The van der Waals surface area contributed by atoms with Crippen molar-refractivity contribution in [3.63, 3.8) is 0 Å². The third kappa shape index (κ3) is 3.03. The van der Waals surface area contributed by atoms with Crippen molar-refractivity contribution in [3.8, 4) is 0 Å². The summed E-state index contributed by atoms with van der Waals surface area (Å²) in [6.07, 6.45) is 7.23. The lowest BCUT2D eigenvalue weighted by Crippen LogP contribution is -2.49. The molecule has 3 aromatic rings. The van der Waals surface area contributed by atoms with E-state index in [9.17, 15) is 4.79 Å². The van der Waals surface area contributed by atoms with Crippen LogP contribution in [0.5, 0.6) is 0 Å². The molecular weight excluding hydrogens is 328 g/mol. The standard InChI is InChI=1S/C20H22N4O2/c1-14-3-4-17-16(13-26-20(17)15(14)2)11-19(25)24-9-7-23(8-10-24)18-12-21-5-6-22-18/h3-6,12-13H,7-11H2,1-2H3. The van der Waals surface area contributed by atoms with Crippen molar-refractivity contribution in [2.75, 3.05) is 31.1 Å². The van der Waals surface area contributed by atoms with Gasteiger partial charge in [-0.15, -0.1) is 0 Å². The number of hydrogen-bond acceptors (Lipinski definition) is 5. The van der Waals surface area contributed by atoms with Crippen molar-refractivity contribution >= 4 is 22.7 Å². The molecule has 3 heterocycles. The third-order valence-electron chi connectivity index (χ3n) is 5.19. The zero-order valence-electron chi connectivity index (χ0n) is 15.1. The summed E-state index contributed by atoms with van der Waals surface area (Å²) >= 11 is 0. The van der Waals surface area contributed by atoms with Gasteiger partial charge in [-0.3, -0.25) is 9.78 Å². The number of piperazine rings is 1. The van der Waals surface area contributed by atoms with E-state index in [-0.39, 0.29) is 5.91 Å². The van der Waals surface area contributed by atoms with Gasteiger partial charge in [0.1, 0.15) is 11.4 Å². The summed E-state index contributed by atoms with van der Waals surface area (Å²) in [5.41, 5.74) is 4.19. The Morgan fingerprint density at radius 2 is 1.96 bits per heavy atom. The predicted octanol–water partition coefficient (Wildman–Crippen LogP) is 2.73. The molecule has 134 valence electrons. The molecule has 0 saturated carbocycles. The van der Waals surface area contributed by atoms with Crippen LogP contribution in [0, 0.1) is 13.8 Å². The molecule has 1 amide bonds. The minimum absolute atomic E-state index is 0.143. The largest absolute Gasteiger partial charge is 0.464 e. The smallest absolute Gasteiger partial charge is 0.227 e. The van der Waals surface area contributed by atoms with Gasteiger partial charge in [0, 0.05) is 49.5 Å². The van der Waals surface area contributed by atoms with Crippen LogP contribution in [-0.2, 0) is 11.2 Å². The Bertz CT molecular complexity index is 928. The number of aryl methyl sites for hydroxylation is 2. The van der Waals surface area contributed by atoms with E-state index in [2.05, 4.69) is 40.8 Å². The Morgan fingerprint density at radius 1 is 1.15 bits per heavy atom. The first-order valence-electron chi connectivity index (χ1n) is 8.88. The molecule has 1 saturated heterocycles. The second-order valence-electron chi connectivity index (χ2n) is 6.75. The topological polar surface area (TPSA) is 62.5 Å². The second kappa shape index (κ2) is 6.78. The van der Waals surface area contributed by atoms with E-state index in [4.69, 9.17) is 4.42 Å². The van der Waals surface area contributed by atoms with Crippen molar-refractivity contribution in [2.24, 2.45) is 0 Å². The van der Waals surface area contributed by atoms with Gasteiger partial charge in [-0.05, 0) is 25.0 Å². The first-order chi connectivity index (χ1) is 12.6. The van der Waals surface area contributed by atoms with Crippen LogP contribution in [0.25, 0.3) is 11.0 Å². The summed E-state index contributed by atoms with van der Waals surface area (Å²) in [5.74, 6) is 1.01. The van der Waals surface area contributed by atoms with Gasteiger partial charge in [0.25, 0.3) is 0 Å². The number of aromatic nitrogens is 2. The van der Waals surface area contributed by atoms with E-state index in [0.717, 1.165) is 41.0 Å². The van der Waals surface area contributed by atoms with Crippen LogP contribution in [0.1, 0.15) is 16.7 Å². The summed E-state index contributed by atoms with van der Waals surface area (Å²) in [6.45, 7) is 7.06. The van der Waals surface area contributed by atoms with Crippen LogP contribution < -0.4 is 4.90 Å². The molecule has 1 aliphatic heterocycles. The van der Waals surface area contributed by atoms with E-state index >= 15 is 0 Å². The number of nitrogens with zero attached hydrogens (tertiary/aromatic N) is 4. The minimum atomic E-state index is 0.143. The van der Waals surface area contributed by atoms with E-state index < -0.39 is 0 Å². The highest BCUT2D eigenvalue weighted by Gasteiger charge is 2.23. The molecule has 2 aromatic heterocycles. The fraction of sp³-hybridized carbons (Fsp3) is 0.350. The molecule has 0 aliphatic carbocycles. The van der Waals surface area contributed by atoms with Gasteiger partial charge in [0.2, 0.25) is 5.91 Å². The molecule has 1 aromatic carbocycles. The molecule has 0 atom stereocenters. The molecule has 4 rings (SSSR count). The van der Waals surface area contributed by atoms with Crippen LogP contribution in [0.4, 0.5) is 5.82 Å². The van der Waals surface area contributed by atoms with Crippen LogP contribution in [0.2, 0.25) is 0 Å². The maximum Gasteiger partial charge on any atom is 0.227 e. The number of fused-ring (bicyclic) bond motifs is 1. The van der Waals surface area contributed by atoms with Gasteiger partial charge >= 0.3 is 0 Å². The average molecular weight is 350 g/mol. The molecule has 1 aliphatic rings. The SMILES string of the molecule is Cc1ccc2c(CC(=O)N3CCN(c4cnccn4)CC3)coc2c1C. The number of hydrogen-bond donors (Lipinski definition) is 0. The summed E-state index contributed by atoms with van der Waals surface area (Å²) in [5, 5.41) is 1.04. The van der Waals surface area contributed by atoms with Gasteiger partial charge in [0.05, 0.1) is 18.9 Å². The van der Waals surface area contributed by atoms with Gasteiger partial charge in [0.15, 0.2) is 0 Å². The lowest BCUT2D eigenvalue weighted by molar-refractivity contribution is -0.130. The molecule has 0 radical (unpaired) electrons. The Hall–Kier alpha value is -2.89. The number of carbonyl (C=O) groups is 1. The quantitative estimate of drug-likeness (QED) is 0.727. The van der Waals surface area contributed by atoms with E-state index in [1.807, 2.05) is 4.90 Å². The molecule has 6 heteroatoms. The maximum atomic E-state index is 12.7. The molecule has 1 fully saturated rings. The summed E-state index contributed by atoms with van der Waals surface area (Å²) in [4.78, 5) is 25.3. The number of furan rings is 1. The second-order valence-corrected chi connectivity index (χ2v) is 6.75. The molecule has 6 nitrogen and oxygen atoms in total. The van der Waals surface area contributed by atoms with Crippen molar-refractivity contribution in [1.82, 2.24) is 14.9 Å². The van der Waals surface area contributed by atoms with Gasteiger partial charge in [-0.25, -0.2) is 4.98 Å². The van der Waals surface area contributed by atoms with Crippen LogP contribution >= 0.6 is 0 Å². The fourth-order valence-corrected chi connectivity index (χ4v) is 3.44. The molecule has 0 bridgehead atoms. The summed E-state index contributed by atoms with van der Waals surface area (Å²) in [7, 11) is 0. The first-order valence-corrected chi connectivity index (χ1v) is 8.88. The lowest BCUT2D eigenvalue weighted by Gasteiger charge is -2.35. The van der Waals surface area contributed by atoms with E-state index in [1.165, 1.54) is 5.56 Å². The maximum absolute atomic E-state index is 12.7. The predicted molar refractivity (Wildman–Crippen MR) is 100 cm³/mol. The van der Waals surface area contributed by atoms with Crippen molar-refractivity contribution in [1.29, 1.82) is 0 Å². The van der Waals surface area contributed by atoms with Gasteiger partial charge in [-0.1, -0.05) is 12.1 Å². The number of carbonyl (C=O) groups excluding carboxylic acids is 1. The average Bonchev–Trinajstić information content (AvgIpc) is 3.09. The molecule has 0 N–H and O–H groups in total. The lowest BCUT2D eigenvalue weighted by atomic mass is 10.0. The zero-order valence-corrected chi connectivity index (χ0v) is 15.1. The van der Waals surface area contributed by atoms with Gasteiger partial charge in [-0.2, -0.15) is 0 Å². The van der Waals surface area contributed by atoms with Crippen LogP contribution in [0.3, 0.4) is 0 Å². The highest BCUT2D eigenvalue weighted by molar-refractivity contribution is 5.89. The molecule has 0 spiro atoms. The third-order valence-corrected chi connectivity index (χ3v) is 5.19. The molecule has 0 unspecified atom stereocenters. The summed E-state index contributed by atoms with van der Waals surface area (Å²) in [6, 6.07) is 4.14. The van der Waals surface area contributed by atoms with E-state index in [0.29, 0.717) is 19.5 Å². The minimum Gasteiger partial charge on any atom is -0.464 e. The Kier molecular flexibility index (Phi) is 4.32. The highest BCUT2D eigenvalue weighted by Crippen LogP contribution is 2.27. The number of rotatable bonds is 3. The van der Waals surface area contributed by atoms with Crippen molar-refractivity contribution < 1.29 is 9.21 Å². The number of benzene rings is 1. The normalized spacial score (nSPS) is 14.8. The Labute approximate surface area is 152 Å². The number of anilines is 1. The zero-order chi connectivity index (χ0) is 18.1. The van der Waals surface area contributed by atoms with E-state index in [1.54, 1.807) is 24.9 Å². The number of amides is 1. The summed E-state index contributed by atoms with van der Waals surface area (Å²) < 4.78 is 5.73. The van der Waals surface area contributed by atoms with Gasteiger partial charge < -0.3 is 14.2 Å². The first kappa shape index (κ1) is 16.6. The molecular formula is C20H22N4O2. The fourth-order valence-electron chi connectivity index (χ4n) is 3.44. The van der Waals surface area contributed by atoms with Crippen LogP contribution in [0.15, 0.2) is 41.4 Å². The monoisotopic (exact) mass is 350 g/mol. The Morgan fingerprint density at radius 3 is 2.69 bits per heavy atom. The molecule has 26 heavy (non-hydrogen) atoms.